The molecule has 0 spiro atoms. The zero-order valence-corrected chi connectivity index (χ0v) is 17.8. The highest BCUT2D eigenvalue weighted by molar-refractivity contribution is 7.17. The standard InChI is InChI=1S/C20H26FN5O2S/c1-14-18(19(28)24(2)3)29-20(22-14)23-17(27)13-26-9-7-25(8-10-26)12-15-5-4-6-16(21)11-15/h4-6,11H,7-10,12-13H2,1-3H3,(H,22,23,27). The third kappa shape index (κ3) is 5.81. The Morgan fingerprint density at radius 1 is 1.21 bits per heavy atom. The Labute approximate surface area is 174 Å². The number of carbonyl (C=O) groups is 2. The maximum atomic E-state index is 13.3. The SMILES string of the molecule is Cc1nc(NC(=O)CN2CCN(Cc3cccc(F)c3)CC2)sc1C(=O)N(C)C. The first-order valence-electron chi connectivity index (χ1n) is 9.50. The fourth-order valence-electron chi connectivity index (χ4n) is 3.21. The average molecular weight is 420 g/mol. The molecule has 9 heteroatoms. The Hall–Kier alpha value is -2.36. The van der Waals surface area contributed by atoms with Crippen LogP contribution in [0.1, 0.15) is 20.9 Å². The molecule has 0 aliphatic carbocycles. The van der Waals surface area contributed by atoms with Crippen molar-refractivity contribution in [1.82, 2.24) is 19.7 Å². The van der Waals surface area contributed by atoms with Gasteiger partial charge in [-0.25, -0.2) is 9.37 Å². The largest absolute Gasteiger partial charge is 0.344 e. The van der Waals surface area contributed by atoms with E-state index in [1.807, 2.05) is 6.07 Å². The van der Waals surface area contributed by atoms with E-state index in [0.29, 0.717) is 22.2 Å². The summed E-state index contributed by atoms with van der Waals surface area (Å²) < 4.78 is 13.3. The number of amides is 2. The van der Waals surface area contributed by atoms with Crippen LogP contribution in [-0.4, -0.2) is 78.3 Å². The molecule has 156 valence electrons. The van der Waals surface area contributed by atoms with Crippen molar-refractivity contribution in [2.45, 2.75) is 13.5 Å². The molecule has 1 saturated heterocycles. The van der Waals surface area contributed by atoms with Crippen molar-refractivity contribution >= 4 is 28.3 Å². The summed E-state index contributed by atoms with van der Waals surface area (Å²) in [5, 5.41) is 3.25. The fraction of sp³-hybridized carbons (Fsp3) is 0.450. The molecule has 2 amide bonds. The zero-order chi connectivity index (χ0) is 21.0. The second-order valence-electron chi connectivity index (χ2n) is 7.36. The fourth-order valence-corrected chi connectivity index (χ4v) is 4.22. The van der Waals surface area contributed by atoms with Crippen LogP contribution in [0.15, 0.2) is 24.3 Å². The van der Waals surface area contributed by atoms with Crippen LogP contribution in [-0.2, 0) is 11.3 Å². The molecule has 0 atom stereocenters. The summed E-state index contributed by atoms with van der Waals surface area (Å²) in [6.07, 6.45) is 0. The number of aromatic nitrogens is 1. The molecule has 2 heterocycles. The Bertz CT molecular complexity index is 878. The normalized spacial score (nSPS) is 15.3. The van der Waals surface area contributed by atoms with Crippen LogP contribution < -0.4 is 5.32 Å². The molecule has 1 aromatic heterocycles. The third-order valence-corrected chi connectivity index (χ3v) is 5.83. The van der Waals surface area contributed by atoms with Crippen molar-refractivity contribution in [2.24, 2.45) is 0 Å². The number of hydrogen-bond donors (Lipinski definition) is 1. The van der Waals surface area contributed by atoms with E-state index in [9.17, 15) is 14.0 Å². The van der Waals surface area contributed by atoms with Gasteiger partial charge in [-0.1, -0.05) is 23.5 Å². The van der Waals surface area contributed by atoms with Crippen LogP contribution in [0.2, 0.25) is 0 Å². The maximum Gasteiger partial charge on any atom is 0.265 e. The molecule has 1 aliphatic heterocycles. The van der Waals surface area contributed by atoms with Crippen molar-refractivity contribution in [3.63, 3.8) is 0 Å². The van der Waals surface area contributed by atoms with E-state index < -0.39 is 0 Å². The highest BCUT2D eigenvalue weighted by Gasteiger charge is 2.21. The minimum atomic E-state index is -0.217. The van der Waals surface area contributed by atoms with Gasteiger partial charge in [-0.3, -0.25) is 19.4 Å². The lowest BCUT2D eigenvalue weighted by molar-refractivity contribution is -0.117. The summed E-state index contributed by atoms with van der Waals surface area (Å²) in [5.41, 5.74) is 1.58. The van der Waals surface area contributed by atoms with Gasteiger partial charge in [0, 0.05) is 46.8 Å². The van der Waals surface area contributed by atoms with Gasteiger partial charge in [0.1, 0.15) is 10.7 Å². The van der Waals surface area contributed by atoms with Gasteiger partial charge in [0.25, 0.3) is 5.91 Å². The molecule has 29 heavy (non-hydrogen) atoms. The molecular weight excluding hydrogens is 393 g/mol. The number of halogens is 1. The summed E-state index contributed by atoms with van der Waals surface area (Å²) in [5.74, 6) is -0.471. The third-order valence-electron chi connectivity index (χ3n) is 4.77. The van der Waals surface area contributed by atoms with Gasteiger partial charge in [-0.15, -0.1) is 0 Å². The van der Waals surface area contributed by atoms with Gasteiger partial charge in [-0.05, 0) is 24.6 Å². The molecule has 1 aliphatic rings. The van der Waals surface area contributed by atoms with E-state index in [1.54, 1.807) is 33.2 Å². The number of anilines is 1. The summed E-state index contributed by atoms with van der Waals surface area (Å²) in [6, 6.07) is 6.66. The van der Waals surface area contributed by atoms with Gasteiger partial charge >= 0.3 is 0 Å². The topological polar surface area (TPSA) is 68.8 Å². The lowest BCUT2D eigenvalue weighted by atomic mass is 10.2. The monoisotopic (exact) mass is 419 g/mol. The highest BCUT2D eigenvalue weighted by Crippen LogP contribution is 2.23. The minimum absolute atomic E-state index is 0.116. The van der Waals surface area contributed by atoms with Crippen molar-refractivity contribution in [3.8, 4) is 0 Å². The van der Waals surface area contributed by atoms with Crippen molar-refractivity contribution < 1.29 is 14.0 Å². The number of nitrogens with zero attached hydrogens (tertiary/aromatic N) is 4. The number of nitrogens with one attached hydrogen (secondary N) is 1. The molecule has 1 aromatic carbocycles. The predicted molar refractivity (Wildman–Crippen MR) is 112 cm³/mol. The number of thiazole rings is 1. The molecule has 7 nitrogen and oxygen atoms in total. The van der Waals surface area contributed by atoms with Crippen LogP contribution in [0.4, 0.5) is 9.52 Å². The zero-order valence-electron chi connectivity index (χ0n) is 16.9. The van der Waals surface area contributed by atoms with Gasteiger partial charge < -0.3 is 10.2 Å². The number of benzene rings is 1. The smallest absolute Gasteiger partial charge is 0.265 e. The van der Waals surface area contributed by atoms with E-state index in [2.05, 4.69) is 20.1 Å². The van der Waals surface area contributed by atoms with Crippen LogP contribution in [0.5, 0.6) is 0 Å². The minimum Gasteiger partial charge on any atom is -0.344 e. The van der Waals surface area contributed by atoms with Gasteiger partial charge in [0.05, 0.1) is 12.2 Å². The lowest BCUT2D eigenvalue weighted by Gasteiger charge is -2.34. The first-order valence-corrected chi connectivity index (χ1v) is 10.3. The van der Waals surface area contributed by atoms with Crippen molar-refractivity contribution in [2.75, 3.05) is 52.1 Å². The Morgan fingerprint density at radius 3 is 2.55 bits per heavy atom. The number of piperazine rings is 1. The Balaban J connectivity index is 1.46. The van der Waals surface area contributed by atoms with Crippen LogP contribution in [0, 0.1) is 12.7 Å². The van der Waals surface area contributed by atoms with Crippen LogP contribution in [0.3, 0.4) is 0 Å². The summed E-state index contributed by atoms with van der Waals surface area (Å²) in [4.78, 5) is 35.2. The van der Waals surface area contributed by atoms with Gasteiger partial charge in [-0.2, -0.15) is 0 Å². The first-order chi connectivity index (χ1) is 13.8. The summed E-state index contributed by atoms with van der Waals surface area (Å²) >= 11 is 1.20. The lowest BCUT2D eigenvalue weighted by Crippen LogP contribution is -2.48. The first kappa shape index (κ1) is 21.4. The molecule has 1 N–H and O–H groups in total. The highest BCUT2D eigenvalue weighted by atomic mass is 32.1. The quantitative estimate of drug-likeness (QED) is 0.776. The number of rotatable bonds is 6. The number of carbonyl (C=O) groups excluding carboxylic acids is 2. The van der Waals surface area contributed by atoms with Crippen LogP contribution in [0.25, 0.3) is 0 Å². The number of aryl methyl sites for hydroxylation is 1. The Morgan fingerprint density at radius 2 is 1.90 bits per heavy atom. The van der Waals surface area contributed by atoms with Crippen molar-refractivity contribution in [1.29, 1.82) is 0 Å². The van der Waals surface area contributed by atoms with Crippen molar-refractivity contribution in [3.05, 3.63) is 46.2 Å². The van der Waals surface area contributed by atoms with Crippen LogP contribution >= 0.6 is 11.3 Å². The maximum absolute atomic E-state index is 13.3. The molecule has 1 fully saturated rings. The van der Waals surface area contributed by atoms with E-state index in [-0.39, 0.29) is 24.2 Å². The molecule has 2 aromatic rings. The summed E-state index contributed by atoms with van der Waals surface area (Å²) in [6.45, 7) is 5.93. The second-order valence-corrected chi connectivity index (χ2v) is 8.36. The van der Waals surface area contributed by atoms with Gasteiger partial charge in [0.2, 0.25) is 5.91 Å². The predicted octanol–water partition coefficient (Wildman–Crippen LogP) is 2.05. The second kappa shape index (κ2) is 9.43. The van der Waals surface area contributed by atoms with E-state index >= 15 is 0 Å². The summed E-state index contributed by atoms with van der Waals surface area (Å²) in [7, 11) is 3.38. The van der Waals surface area contributed by atoms with E-state index in [1.165, 1.54) is 22.3 Å². The average Bonchev–Trinajstić information content (AvgIpc) is 3.02. The van der Waals surface area contributed by atoms with E-state index in [4.69, 9.17) is 0 Å². The Kier molecular flexibility index (Phi) is 6.94. The molecule has 0 bridgehead atoms. The molecule has 0 saturated carbocycles. The number of hydrogen-bond acceptors (Lipinski definition) is 6. The van der Waals surface area contributed by atoms with Gasteiger partial charge in [0.15, 0.2) is 5.13 Å². The molecule has 0 radical (unpaired) electrons. The molecule has 3 rings (SSSR count). The molecule has 0 unspecified atom stereocenters. The van der Waals surface area contributed by atoms with E-state index in [0.717, 1.165) is 31.7 Å². The molecular formula is C20H26FN5O2S.